The van der Waals surface area contributed by atoms with Crippen molar-refractivity contribution in [2.75, 3.05) is 14.2 Å². The molecule has 3 rings (SSSR count). The highest BCUT2D eigenvalue weighted by Crippen LogP contribution is 2.28. The lowest BCUT2D eigenvalue weighted by Crippen LogP contribution is -2.25. The molecule has 29 heavy (non-hydrogen) atoms. The molecular weight excluding hydrogens is 395 g/mol. The molecule has 2 aromatic carbocycles. The number of ether oxygens (including phenoxy) is 2. The molecule has 0 aliphatic heterocycles. The predicted molar refractivity (Wildman–Crippen MR) is 108 cm³/mol. The second-order valence-corrected chi connectivity index (χ2v) is 7.04. The molecule has 0 radical (unpaired) electrons. The lowest BCUT2D eigenvalue weighted by atomic mass is 10.1. The number of halogens is 1. The average Bonchev–Trinajstić information content (AvgIpc) is 3.10. The Morgan fingerprint density at radius 3 is 2.38 bits per heavy atom. The molecule has 0 aliphatic carbocycles. The van der Waals surface area contributed by atoms with Gasteiger partial charge in [0.2, 0.25) is 0 Å². The van der Waals surface area contributed by atoms with Gasteiger partial charge in [0.05, 0.1) is 20.8 Å². The van der Waals surface area contributed by atoms with Gasteiger partial charge in [-0.25, -0.2) is 4.39 Å². The summed E-state index contributed by atoms with van der Waals surface area (Å²) in [6, 6.07) is 11.5. The average molecular weight is 416 g/mol. The van der Waals surface area contributed by atoms with Crippen molar-refractivity contribution in [3.8, 4) is 11.5 Å². The first-order valence-corrected chi connectivity index (χ1v) is 9.76. The molecule has 152 valence electrons. The van der Waals surface area contributed by atoms with Gasteiger partial charge in [-0.3, -0.25) is 4.79 Å². The number of thioether (sulfide) groups is 1. The number of rotatable bonds is 8. The second-order valence-electron chi connectivity index (χ2n) is 6.09. The molecule has 3 aromatic rings. The minimum Gasteiger partial charge on any atom is -0.496 e. The molecule has 9 heteroatoms. The quantitative estimate of drug-likeness (QED) is 0.568. The van der Waals surface area contributed by atoms with Crippen LogP contribution in [0.1, 0.15) is 21.7 Å². The maximum absolute atomic E-state index is 13.0. The molecule has 1 aromatic heterocycles. The Hall–Kier alpha value is -3.07. The second kappa shape index (κ2) is 9.42. The van der Waals surface area contributed by atoms with Crippen molar-refractivity contribution < 1.29 is 18.7 Å². The van der Waals surface area contributed by atoms with Crippen LogP contribution in [0.25, 0.3) is 0 Å². The molecule has 7 nitrogen and oxygen atoms in total. The van der Waals surface area contributed by atoms with Gasteiger partial charge in [-0.2, -0.15) is 0 Å². The van der Waals surface area contributed by atoms with Crippen LogP contribution in [0, 0.1) is 5.82 Å². The fourth-order valence-corrected chi connectivity index (χ4v) is 3.56. The van der Waals surface area contributed by atoms with E-state index in [1.165, 1.54) is 38.1 Å². The van der Waals surface area contributed by atoms with Crippen molar-refractivity contribution >= 4 is 17.7 Å². The Kier molecular flexibility index (Phi) is 6.71. The molecule has 0 saturated carbocycles. The Balaban J connectivity index is 1.65. The van der Waals surface area contributed by atoms with Gasteiger partial charge < -0.3 is 19.4 Å². The number of nitrogens with one attached hydrogen (secondary N) is 1. The largest absolute Gasteiger partial charge is 0.496 e. The smallest absolute Gasteiger partial charge is 0.259 e. The zero-order valence-electron chi connectivity index (χ0n) is 16.3. The Morgan fingerprint density at radius 2 is 1.76 bits per heavy atom. The van der Waals surface area contributed by atoms with E-state index in [0.29, 0.717) is 33.8 Å². The summed E-state index contributed by atoms with van der Waals surface area (Å²) in [5, 5.41) is 11.8. The number of amides is 1. The van der Waals surface area contributed by atoms with Crippen LogP contribution in [0.2, 0.25) is 0 Å². The van der Waals surface area contributed by atoms with Gasteiger partial charge in [-0.1, -0.05) is 30.0 Å². The number of nitrogens with zero attached hydrogens (tertiary/aromatic N) is 3. The summed E-state index contributed by atoms with van der Waals surface area (Å²) in [7, 11) is 4.83. The molecule has 1 N–H and O–H groups in total. The van der Waals surface area contributed by atoms with E-state index in [0.717, 1.165) is 5.56 Å². The molecule has 0 fully saturated rings. The fourth-order valence-electron chi connectivity index (χ4n) is 2.68. The first-order chi connectivity index (χ1) is 14.0. The maximum atomic E-state index is 13.0. The molecule has 0 unspecified atom stereocenters. The van der Waals surface area contributed by atoms with E-state index in [-0.39, 0.29) is 18.3 Å². The third kappa shape index (κ3) is 4.86. The SMILES string of the molecule is COc1cccc(OC)c1C(=O)NCc1nnc(SCc2ccc(F)cc2)n1C. The highest BCUT2D eigenvalue weighted by atomic mass is 32.2. The fraction of sp³-hybridized carbons (Fsp3) is 0.250. The number of benzene rings is 2. The van der Waals surface area contributed by atoms with Gasteiger partial charge in [-0.05, 0) is 29.8 Å². The van der Waals surface area contributed by atoms with Crippen molar-refractivity contribution in [2.45, 2.75) is 17.5 Å². The van der Waals surface area contributed by atoms with Crippen LogP contribution >= 0.6 is 11.8 Å². The van der Waals surface area contributed by atoms with Crippen molar-refractivity contribution in [3.05, 3.63) is 65.2 Å². The van der Waals surface area contributed by atoms with Crippen LogP contribution in [0.15, 0.2) is 47.6 Å². The van der Waals surface area contributed by atoms with Crippen LogP contribution in [0.3, 0.4) is 0 Å². The molecule has 0 spiro atoms. The van der Waals surface area contributed by atoms with Gasteiger partial charge >= 0.3 is 0 Å². The van der Waals surface area contributed by atoms with Crippen molar-refractivity contribution in [1.29, 1.82) is 0 Å². The molecular formula is C20H21FN4O3S. The molecule has 0 bridgehead atoms. The first-order valence-electron chi connectivity index (χ1n) is 8.78. The van der Waals surface area contributed by atoms with Crippen LogP contribution < -0.4 is 14.8 Å². The summed E-state index contributed by atoms with van der Waals surface area (Å²) in [6.45, 7) is 0.195. The van der Waals surface area contributed by atoms with Crippen LogP contribution in [0.5, 0.6) is 11.5 Å². The summed E-state index contributed by atoms with van der Waals surface area (Å²) >= 11 is 1.48. The maximum Gasteiger partial charge on any atom is 0.259 e. The van der Waals surface area contributed by atoms with Crippen molar-refractivity contribution in [2.24, 2.45) is 7.05 Å². The monoisotopic (exact) mass is 416 g/mol. The van der Waals surface area contributed by atoms with Gasteiger partial charge in [-0.15, -0.1) is 10.2 Å². The summed E-state index contributed by atoms with van der Waals surface area (Å²) in [4.78, 5) is 12.7. The summed E-state index contributed by atoms with van der Waals surface area (Å²) in [6.07, 6.45) is 0. The lowest BCUT2D eigenvalue weighted by Gasteiger charge is -2.12. The van der Waals surface area contributed by atoms with Gasteiger partial charge in [0.25, 0.3) is 5.91 Å². The molecule has 0 aliphatic rings. The third-order valence-electron chi connectivity index (χ3n) is 4.27. The number of methoxy groups -OCH3 is 2. The van der Waals surface area contributed by atoms with E-state index >= 15 is 0 Å². The number of carbonyl (C=O) groups excluding carboxylic acids is 1. The minimum atomic E-state index is -0.331. The van der Waals surface area contributed by atoms with Crippen molar-refractivity contribution in [1.82, 2.24) is 20.1 Å². The zero-order chi connectivity index (χ0) is 20.8. The Labute approximate surface area is 172 Å². The number of carbonyl (C=O) groups is 1. The van der Waals surface area contributed by atoms with Gasteiger partial charge in [0, 0.05) is 12.8 Å². The summed E-state index contributed by atoms with van der Waals surface area (Å²) in [5.74, 6) is 1.50. The van der Waals surface area contributed by atoms with E-state index < -0.39 is 0 Å². The number of aromatic nitrogens is 3. The highest BCUT2D eigenvalue weighted by Gasteiger charge is 2.19. The normalized spacial score (nSPS) is 10.6. The van der Waals surface area contributed by atoms with Crippen molar-refractivity contribution in [3.63, 3.8) is 0 Å². The highest BCUT2D eigenvalue weighted by molar-refractivity contribution is 7.98. The van der Waals surface area contributed by atoms with Crippen LogP contribution in [-0.4, -0.2) is 34.9 Å². The standard InChI is InChI=1S/C20H21FN4O3S/c1-25-17(23-24-20(25)29-12-13-7-9-14(21)10-8-13)11-22-19(26)18-15(27-2)5-4-6-16(18)28-3/h4-10H,11-12H2,1-3H3,(H,22,26). The van der Waals surface area contributed by atoms with Gasteiger partial charge in [0.1, 0.15) is 22.9 Å². The minimum absolute atomic E-state index is 0.195. The summed E-state index contributed by atoms with van der Waals surface area (Å²) in [5.41, 5.74) is 1.31. The van der Waals surface area contributed by atoms with E-state index in [2.05, 4.69) is 15.5 Å². The first kappa shape index (κ1) is 20.7. The number of hydrogen-bond donors (Lipinski definition) is 1. The summed E-state index contributed by atoms with van der Waals surface area (Å²) < 4.78 is 25.4. The van der Waals surface area contributed by atoms with E-state index in [1.54, 1.807) is 30.3 Å². The van der Waals surface area contributed by atoms with Crippen LogP contribution in [-0.2, 0) is 19.3 Å². The molecule has 1 amide bonds. The topological polar surface area (TPSA) is 78.3 Å². The molecule has 1 heterocycles. The third-order valence-corrected chi connectivity index (χ3v) is 5.36. The Morgan fingerprint density at radius 1 is 1.10 bits per heavy atom. The zero-order valence-corrected chi connectivity index (χ0v) is 17.1. The molecule has 0 saturated heterocycles. The van der Waals surface area contributed by atoms with Gasteiger partial charge in [0.15, 0.2) is 11.0 Å². The lowest BCUT2D eigenvalue weighted by molar-refractivity contribution is 0.0943. The Bertz CT molecular complexity index is 970. The van der Waals surface area contributed by atoms with E-state index in [4.69, 9.17) is 9.47 Å². The van der Waals surface area contributed by atoms with E-state index in [9.17, 15) is 9.18 Å². The van der Waals surface area contributed by atoms with E-state index in [1.807, 2.05) is 11.6 Å². The molecule has 0 atom stereocenters. The number of hydrogen-bond acceptors (Lipinski definition) is 6. The predicted octanol–water partition coefficient (Wildman–Crippen LogP) is 3.19. The van der Waals surface area contributed by atoms with Crippen LogP contribution in [0.4, 0.5) is 4.39 Å².